The van der Waals surface area contributed by atoms with Crippen molar-refractivity contribution in [2.24, 2.45) is 0 Å². The monoisotopic (exact) mass is 296 g/mol. The Bertz CT molecular complexity index is 665. The molecular formula is C13H10F2N2O2S. The van der Waals surface area contributed by atoms with E-state index in [1.807, 2.05) is 0 Å². The zero-order chi connectivity index (χ0) is 14.7. The topological polar surface area (TPSA) is 69.2 Å². The number of nitrogens with zero attached hydrogens (tertiary/aromatic N) is 1. The predicted molar refractivity (Wildman–Crippen MR) is 73.4 cm³/mol. The minimum absolute atomic E-state index is 0.0334. The van der Waals surface area contributed by atoms with Crippen LogP contribution in [-0.2, 0) is 5.75 Å². The summed E-state index contributed by atoms with van der Waals surface area (Å²) in [6, 6.07) is 7.53. The van der Waals surface area contributed by atoms with Crippen molar-refractivity contribution in [3.05, 3.63) is 63.7 Å². The highest BCUT2D eigenvalue weighted by Crippen LogP contribution is 2.29. The van der Waals surface area contributed by atoms with Gasteiger partial charge in [-0.2, -0.15) is 0 Å². The zero-order valence-corrected chi connectivity index (χ0v) is 11.0. The van der Waals surface area contributed by atoms with Gasteiger partial charge in [-0.05, 0) is 30.3 Å². The van der Waals surface area contributed by atoms with Crippen molar-refractivity contribution in [2.75, 3.05) is 5.73 Å². The van der Waals surface area contributed by atoms with Gasteiger partial charge in [-0.15, -0.1) is 11.8 Å². The summed E-state index contributed by atoms with van der Waals surface area (Å²) in [5, 5.41) is 10.8. The molecule has 20 heavy (non-hydrogen) atoms. The molecule has 2 aromatic rings. The maximum atomic E-state index is 13.3. The summed E-state index contributed by atoms with van der Waals surface area (Å²) in [4.78, 5) is 10.8. The molecule has 0 saturated carbocycles. The van der Waals surface area contributed by atoms with Gasteiger partial charge < -0.3 is 5.73 Å². The van der Waals surface area contributed by atoms with Crippen LogP contribution in [0.1, 0.15) is 5.56 Å². The van der Waals surface area contributed by atoms with Crippen LogP contribution in [0, 0.1) is 21.7 Å². The fourth-order valence-corrected chi connectivity index (χ4v) is 2.51. The third kappa shape index (κ3) is 3.24. The van der Waals surface area contributed by atoms with E-state index < -0.39 is 16.6 Å². The van der Waals surface area contributed by atoms with E-state index in [0.29, 0.717) is 4.90 Å². The first-order valence-electron chi connectivity index (χ1n) is 5.58. The van der Waals surface area contributed by atoms with Gasteiger partial charge in [-0.25, -0.2) is 8.78 Å². The van der Waals surface area contributed by atoms with Crippen LogP contribution < -0.4 is 5.73 Å². The van der Waals surface area contributed by atoms with Crippen LogP contribution in [0.15, 0.2) is 41.3 Å². The van der Waals surface area contributed by atoms with Crippen LogP contribution in [0.2, 0.25) is 0 Å². The molecule has 7 heteroatoms. The lowest BCUT2D eigenvalue weighted by atomic mass is 10.2. The molecule has 0 aliphatic heterocycles. The highest BCUT2D eigenvalue weighted by atomic mass is 32.2. The summed E-state index contributed by atoms with van der Waals surface area (Å²) < 4.78 is 26.4. The van der Waals surface area contributed by atoms with Crippen LogP contribution in [0.25, 0.3) is 0 Å². The SMILES string of the molecule is Nc1ccc(SCc2cc(F)ccc2[N+](=O)[O-])cc1F. The number of hydrogen-bond acceptors (Lipinski definition) is 4. The largest absolute Gasteiger partial charge is 0.396 e. The first kappa shape index (κ1) is 14.3. The van der Waals surface area contributed by atoms with E-state index in [1.165, 1.54) is 23.9 Å². The first-order valence-corrected chi connectivity index (χ1v) is 6.56. The Balaban J connectivity index is 2.20. The second-order valence-corrected chi connectivity index (χ2v) is 5.05. The first-order chi connectivity index (χ1) is 9.47. The van der Waals surface area contributed by atoms with Crippen LogP contribution in [0.5, 0.6) is 0 Å². The molecule has 0 unspecified atom stereocenters. The predicted octanol–water partition coefficient (Wildman–Crippen LogP) is 3.75. The molecule has 0 radical (unpaired) electrons. The number of rotatable bonds is 4. The van der Waals surface area contributed by atoms with Gasteiger partial charge in [0.05, 0.1) is 10.6 Å². The summed E-state index contributed by atoms with van der Waals surface area (Å²) in [7, 11) is 0. The molecule has 2 N–H and O–H groups in total. The Morgan fingerprint density at radius 3 is 2.60 bits per heavy atom. The van der Waals surface area contributed by atoms with E-state index in [4.69, 9.17) is 5.73 Å². The summed E-state index contributed by atoms with van der Waals surface area (Å²) in [5.41, 5.74) is 5.48. The molecule has 0 aliphatic carbocycles. The lowest BCUT2D eigenvalue weighted by Gasteiger charge is -2.05. The molecule has 0 aromatic heterocycles. The van der Waals surface area contributed by atoms with Gasteiger partial charge in [0.2, 0.25) is 0 Å². The molecule has 0 atom stereocenters. The van der Waals surface area contributed by atoms with E-state index >= 15 is 0 Å². The number of halogens is 2. The molecule has 2 aromatic carbocycles. The van der Waals surface area contributed by atoms with Gasteiger partial charge >= 0.3 is 0 Å². The average Bonchev–Trinajstić information content (AvgIpc) is 2.40. The molecule has 0 bridgehead atoms. The standard InChI is InChI=1S/C13H10F2N2O2S/c14-9-1-4-13(17(18)19)8(5-9)7-20-10-2-3-12(16)11(15)6-10/h1-6H,7,16H2. The summed E-state index contributed by atoms with van der Waals surface area (Å²) >= 11 is 1.17. The molecule has 0 amide bonds. The highest BCUT2D eigenvalue weighted by molar-refractivity contribution is 7.98. The Labute approximate surface area is 117 Å². The van der Waals surface area contributed by atoms with Crippen LogP contribution in [0.4, 0.5) is 20.2 Å². The van der Waals surface area contributed by atoms with Crippen molar-refractivity contribution < 1.29 is 13.7 Å². The summed E-state index contributed by atoms with van der Waals surface area (Å²) in [6.45, 7) is 0. The molecule has 2 rings (SSSR count). The van der Waals surface area contributed by atoms with Gasteiger partial charge in [0.15, 0.2) is 0 Å². The van der Waals surface area contributed by atoms with E-state index in [1.54, 1.807) is 6.07 Å². The Hall–Kier alpha value is -2.15. The van der Waals surface area contributed by atoms with Crippen molar-refractivity contribution in [1.82, 2.24) is 0 Å². The normalized spacial score (nSPS) is 10.5. The summed E-state index contributed by atoms with van der Waals surface area (Å²) in [5.74, 6) is -0.935. The lowest BCUT2D eigenvalue weighted by molar-refractivity contribution is -0.385. The number of benzene rings is 2. The molecule has 0 spiro atoms. The molecule has 4 nitrogen and oxygen atoms in total. The number of hydrogen-bond donors (Lipinski definition) is 1. The molecule has 0 saturated heterocycles. The van der Waals surface area contributed by atoms with E-state index in [2.05, 4.69) is 0 Å². The number of thioether (sulfide) groups is 1. The Morgan fingerprint density at radius 2 is 1.95 bits per heavy atom. The van der Waals surface area contributed by atoms with Crippen LogP contribution >= 0.6 is 11.8 Å². The third-order valence-corrected chi connectivity index (χ3v) is 3.65. The minimum Gasteiger partial charge on any atom is -0.396 e. The lowest BCUT2D eigenvalue weighted by Crippen LogP contribution is -1.95. The summed E-state index contributed by atoms with van der Waals surface area (Å²) in [6.07, 6.45) is 0. The molecule has 104 valence electrons. The fraction of sp³-hybridized carbons (Fsp3) is 0.0769. The second kappa shape index (κ2) is 5.87. The average molecular weight is 296 g/mol. The number of nitro benzene ring substituents is 1. The number of nitrogen functional groups attached to an aromatic ring is 1. The molecular weight excluding hydrogens is 286 g/mol. The highest BCUT2D eigenvalue weighted by Gasteiger charge is 2.14. The van der Waals surface area contributed by atoms with E-state index in [-0.39, 0.29) is 22.7 Å². The van der Waals surface area contributed by atoms with Crippen LogP contribution in [0.3, 0.4) is 0 Å². The van der Waals surface area contributed by atoms with Crippen molar-refractivity contribution >= 4 is 23.1 Å². The van der Waals surface area contributed by atoms with Gasteiger partial charge in [0.1, 0.15) is 11.6 Å². The van der Waals surface area contributed by atoms with Crippen molar-refractivity contribution in [3.63, 3.8) is 0 Å². The van der Waals surface area contributed by atoms with E-state index in [0.717, 1.165) is 18.2 Å². The van der Waals surface area contributed by atoms with Crippen molar-refractivity contribution in [2.45, 2.75) is 10.6 Å². The van der Waals surface area contributed by atoms with Gasteiger partial charge in [0.25, 0.3) is 5.69 Å². The Morgan fingerprint density at radius 1 is 1.20 bits per heavy atom. The number of anilines is 1. The maximum absolute atomic E-state index is 13.3. The third-order valence-electron chi connectivity index (χ3n) is 2.60. The smallest absolute Gasteiger partial charge is 0.273 e. The van der Waals surface area contributed by atoms with Gasteiger partial charge in [-0.3, -0.25) is 10.1 Å². The van der Waals surface area contributed by atoms with E-state index in [9.17, 15) is 18.9 Å². The van der Waals surface area contributed by atoms with Gasteiger partial charge in [0, 0.05) is 22.3 Å². The zero-order valence-electron chi connectivity index (χ0n) is 10.2. The second-order valence-electron chi connectivity index (χ2n) is 4.00. The Kier molecular flexibility index (Phi) is 4.19. The number of nitrogens with two attached hydrogens (primary N) is 1. The quantitative estimate of drug-likeness (QED) is 0.404. The minimum atomic E-state index is -0.571. The molecule has 0 aliphatic rings. The maximum Gasteiger partial charge on any atom is 0.273 e. The fourth-order valence-electron chi connectivity index (χ4n) is 1.61. The van der Waals surface area contributed by atoms with Crippen molar-refractivity contribution in [1.29, 1.82) is 0 Å². The molecule has 0 fully saturated rings. The molecule has 0 heterocycles. The van der Waals surface area contributed by atoms with Crippen molar-refractivity contribution in [3.8, 4) is 0 Å². The number of nitro groups is 1. The van der Waals surface area contributed by atoms with Gasteiger partial charge in [-0.1, -0.05) is 0 Å². The van der Waals surface area contributed by atoms with Crippen LogP contribution in [-0.4, -0.2) is 4.92 Å².